The summed E-state index contributed by atoms with van der Waals surface area (Å²) in [6.45, 7) is 2.34. The van der Waals surface area contributed by atoms with Gasteiger partial charge in [0.2, 0.25) is 5.91 Å². The Labute approximate surface area is 126 Å². The van der Waals surface area contributed by atoms with Crippen LogP contribution in [-0.2, 0) is 11.3 Å². The fraction of sp³-hybridized carbons (Fsp3) is 0.500. The third-order valence-corrected chi connectivity index (χ3v) is 2.90. The average Bonchev–Trinajstić information content (AvgIpc) is 2.36. The largest absolute Gasteiger partial charge is 0.504 e. The maximum absolute atomic E-state index is 11.8. The Morgan fingerprint density at radius 1 is 1.50 bits per heavy atom. The molecule has 0 radical (unpaired) electrons. The lowest BCUT2D eigenvalue weighted by Gasteiger charge is -2.18. The summed E-state index contributed by atoms with van der Waals surface area (Å²) in [7, 11) is 3.24. The molecule has 0 heterocycles. The first-order valence-electron chi connectivity index (χ1n) is 6.29. The molecule has 0 aromatic heterocycles. The van der Waals surface area contributed by atoms with Crippen molar-refractivity contribution in [3.05, 3.63) is 23.8 Å². The standard InChI is InChI=1S/C14H22N2O3.ClH/c1-10(15)4-7-14(18)16(2)9-11-5-6-13(19-3)12(17)8-11;/h5-6,8,10,17H,4,7,9,15H2,1-3H3;1H. The van der Waals surface area contributed by atoms with E-state index in [1.54, 1.807) is 24.1 Å². The van der Waals surface area contributed by atoms with Crippen molar-refractivity contribution in [2.24, 2.45) is 5.73 Å². The van der Waals surface area contributed by atoms with Crippen LogP contribution >= 0.6 is 12.4 Å². The highest BCUT2D eigenvalue weighted by Gasteiger charge is 2.11. The molecule has 114 valence electrons. The van der Waals surface area contributed by atoms with Crippen LogP contribution in [0.1, 0.15) is 25.3 Å². The molecule has 1 amide bonds. The quantitative estimate of drug-likeness (QED) is 0.841. The van der Waals surface area contributed by atoms with Crippen LogP contribution in [0, 0.1) is 0 Å². The van der Waals surface area contributed by atoms with E-state index in [2.05, 4.69) is 0 Å². The monoisotopic (exact) mass is 302 g/mol. The Bertz CT molecular complexity index is 438. The van der Waals surface area contributed by atoms with Crippen LogP contribution in [0.4, 0.5) is 0 Å². The van der Waals surface area contributed by atoms with Crippen molar-refractivity contribution in [3.63, 3.8) is 0 Å². The van der Waals surface area contributed by atoms with E-state index in [4.69, 9.17) is 10.5 Å². The predicted molar refractivity (Wildman–Crippen MR) is 81.3 cm³/mol. The molecule has 1 aromatic rings. The second-order valence-corrected chi connectivity index (χ2v) is 4.77. The topological polar surface area (TPSA) is 75.8 Å². The van der Waals surface area contributed by atoms with E-state index in [0.29, 0.717) is 25.1 Å². The maximum atomic E-state index is 11.8. The van der Waals surface area contributed by atoms with Crippen molar-refractivity contribution in [1.29, 1.82) is 0 Å². The van der Waals surface area contributed by atoms with Gasteiger partial charge in [0.05, 0.1) is 7.11 Å². The van der Waals surface area contributed by atoms with Crippen LogP contribution in [0.25, 0.3) is 0 Å². The molecule has 1 unspecified atom stereocenters. The Balaban J connectivity index is 0.00000361. The van der Waals surface area contributed by atoms with E-state index in [1.807, 2.05) is 13.0 Å². The SMILES string of the molecule is COc1ccc(CN(C)C(=O)CCC(C)N)cc1O.Cl. The number of nitrogens with two attached hydrogens (primary N) is 1. The molecule has 0 aliphatic heterocycles. The molecule has 1 atom stereocenters. The van der Waals surface area contributed by atoms with Gasteiger partial charge in [-0.15, -0.1) is 12.4 Å². The number of hydrogen-bond donors (Lipinski definition) is 2. The number of nitrogens with zero attached hydrogens (tertiary/aromatic N) is 1. The molecule has 0 spiro atoms. The molecule has 0 aliphatic rings. The van der Waals surface area contributed by atoms with Gasteiger partial charge in [0.1, 0.15) is 0 Å². The molecular formula is C14H23ClN2O3. The van der Waals surface area contributed by atoms with Crippen molar-refractivity contribution in [3.8, 4) is 11.5 Å². The zero-order valence-electron chi connectivity index (χ0n) is 12.1. The molecule has 20 heavy (non-hydrogen) atoms. The maximum Gasteiger partial charge on any atom is 0.222 e. The minimum Gasteiger partial charge on any atom is -0.504 e. The summed E-state index contributed by atoms with van der Waals surface area (Å²) in [5.41, 5.74) is 6.48. The zero-order valence-corrected chi connectivity index (χ0v) is 12.9. The van der Waals surface area contributed by atoms with Gasteiger partial charge in [-0.2, -0.15) is 0 Å². The van der Waals surface area contributed by atoms with Gasteiger partial charge in [0, 0.05) is 26.1 Å². The number of ether oxygens (including phenoxy) is 1. The molecule has 1 aromatic carbocycles. The molecule has 5 nitrogen and oxygen atoms in total. The number of phenols is 1. The Hall–Kier alpha value is -1.46. The summed E-state index contributed by atoms with van der Waals surface area (Å²) >= 11 is 0. The lowest BCUT2D eigenvalue weighted by Crippen LogP contribution is -2.27. The third-order valence-electron chi connectivity index (χ3n) is 2.90. The second kappa shape index (κ2) is 8.66. The van der Waals surface area contributed by atoms with Crippen LogP contribution in [0.3, 0.4) is 0 Å². The number of hydrogen-bond acceptors (Lipinski definition) is 4. The number of rotatable bonds is 6. The van der Waals surface area contributed by atoms with Crippen molar-refractivity contribution >= 4 is 18.3 Å². The lowest BCUT2D eigenvalue weighted by atomic mass is 10.1. The second-order valence-electron chi connectivity index (χ2n) is 4.77. The van der Waals surface area contributed by atoms with Crippen LogP contribution in [0.5, 0.6) is 11.5 Å². The fourth-order valence-electron chi connectivity index (χ4n) is 1.74. The first kappa shape index (κ1) is 18.5. The first-order valence-corrected chi connectivity index (χ1v) is 6.29. The number of amides is 1. The highest BCUT2D eigenvalue weighted by Crippen LogP contribution is 2.26. The number of aromatic hydroxyl groups is 1. The Kier molecular flexibility index (Phi) is 8.03. The highest BCUT2D eigenvalue weighted by molar-refractivity contribution is 5.85. The van der Waals surface area contributed by atoms with E-state index >= 15 is 0 Å². The lowest BCUT2D eigenvalue weighted by molar-refractivity contribution is -0.130. The smallest absolute Gasteiger partial charge is 0.222 e. The number of phenolic OH excluding ortho intramolecular Hbond substituents is 1. The summed E-state index contributed by atoms with van der Waals surface area (Å²) < 4.78 is 4.97. The van der Waals surface area contributed by atoms with Gasteiger partial charge in [-0.3, -0.25) is 4.79 Å². The van der Waals surface area contributed by atoms with E-state index in [-0.39, 0.29) is 30.1 Å². The Morgan fingerprint density at radius 2 is 2.15 bits per heavy atom. The summed E-state index contributed by atoms with van der Waals surface area (Å²) in [6, 6.07) is 5.15. The van der Waals surface area contributed by atoms with Crippen molar-refractivity contribution in [2.45, 2.75) is 32.4 Å². The minimum atomic E-state index is 0. The summed E-state index contributed by atoms with van der Waals surface area (Å²) in [4.78, 5) is 13.5. The average molecular weight is 303 g/mol. The molecule has 0 saturated heterocycles. The normalized spacial score (nSPS) is 11.4. The van der Waals surface area contributed by atoms with Crippen molar-refractivity contribution in [1.82, 2.24) is 4.90 Å². The van der Waals surface area contributed by atoms with E-state index in [9.17, 15) is 9.90 Å². The molecular weight excluding hydrogens is 280 g/mol. The highest BCUT2D eigenvalue weighted by atomic mass is 35.5. The Morgan fingerprint density at radius 3 is 2.65 bits per heavy atom. The molecule has 1 rings (SSSR count). The van der Waals surface area contributed by atoms with Crippen molar-refractivity contribution < 1.29 is 14.6 Å². The van der Waals surface area contributed by atoms with E-state index in [0.717, 1.165) is 5.56 Å². The van der Waals surface area contributed by atoms with Gasteiger partial charge >= 0.3 is 0 Å². The number of halogens is 1. The first-order chi connectivity index (χ1) is 8.93. The van der Waals surface area contributed by atoms with Crippen molar-refractivity contribution in [2.75, 3.05) is 14.2 Å². The van der Waals surface area contributed by atoms with E-state index in [1.165, 1.54) is 7.11 Å². The van der Waals surface area contributed by atoms with Gasteiger partial charge in [0.15, 0.2) is 11.5 Å². The summed E-state index contributed by atoms with van der Waals surface area (Å²) in [5, 5.41) is 9.67. The molecule has 0 aliphatic carbocycles. The number of carbonyl (C=O) groups is 1. The van der Waals surface area contributed by atoms with Crippen LogP contribution in [-0.4, -0.2) is 36.1 Å². The van der Waals surface area contributed by atoms with Gasteiger partial charge in [-0.25, -0.2) is 0 Å². The van der Waals surface area contributed by atoms with Crippen LogP contribution in [0.15, 0.2) is 18.2 Å². The van der Waals surface area contributed by atoms with Gasteiger partial charge in [-0.1, -0.05) is 6.07 Å². The van der Waals surface area contributed by atoms with Crippen LogP contribution in [0.2, 0.25) is 0 Å². The zero-order chi connectivity index (χ0) is 14.4. The predicted octanol–water partition coefficient (Wildman–Crippen LogP) is 1.91. The summed E-state index contributed by atoms with van der Waals surface area (Å²) in [5.74, 6) is 0.554. The fourth-order valence-corrected chi connectivity index (χ4v) is 1.74. The minimum absolute atomic E-state index is 0. The molecule has 0 bridgehead atoms. The van der Waals surface area contributed by atoms with Gasteiger partial charge in [0.25, 0.3) is 0 Å². The van der Waals surface area contributed by atoms with E-state index < -0.39 is 0 Å². The number of methoxy groups -OCH3 is 1. The van der Waals surface area contributed by atoms with Gasteiger partial charge in [-0.05, 0) is 31.0 Å². The third kappa shape index (κ3) is 5.67. The number of carbonyl (C=O) groups excluding carboxylic acids is 1. The molecule has 6 heteroatoms. The van der Waals surface area contributed by atoms with Crippen LogP contribution < -0.4 is 10.5 Å². The molecule has 0 saturated carbocycles. The summed E-state index contributed by atoms with van der Waals surface area (Å²) in [6.07, 6.45) is 1.12. The molecule has 3 N–H and O–H groups in total. The van der Waals surface area contributed by atoms with Gasteiger partial charge < -0.3 is 20.5 Å². The number of benzene rings is 1. The molecule has 0 fully saturated rings.